The summed E-state index contributed by atoms with van der Waals surface area (Å²) in [6.45, 7) is 2.42. The van der Waals surface area contributed by atoms with Gasteiger partial charge < -0.3 is 0 Å². The van der Waals surface area contributed by atoms with Crippen molar-refractivity contribution in [3.8, 4) is 0 Å². The molecule has 60 valence electrons. The maximum atomic E-state index is 2.42. The molecule has 0 aromatic carbocycles. The van der Waals surface area contributed by atoms with Crippen LogP contribution < -0.4 is 0 Å². The quantitative estimate of drug-likeness (QED) is 0.595. The van der Waals surface area contributed by atoms with Crippen molar-refractivity contribution in [1.29, 1.82) is 0 Å². The lowest BCUT2D eigenvalue weighted by atomic mass is 9.82. The van der Waals surface area contributed by atoms with Gasteiger partial charge in [-0.3, -0.25) is 0 Å². The molecule has 0 nitrogen and oxygen atoms in total. The summed E-state index contributed by atoms with van der Waals surface area (Å²) in [7, 11) is 0. The van der Waals surface area contributed by atoms with Crippen LogP contribution in [-0.4, -0.2) is 12.0 Å². The summed E-state index contributed by atoms with van der Waals surface area (Å²) in [5.74, 6) is 3.42. The van der Waals surface area contributed by atoms with Crippen LogP contribution in [0.2, 0.25) is 0 Å². The van der Waals surface area contributed by atoms with Gasteiger partial charge in [-0.05, 0) is 30.3 Å². The molecule has 1 rings (SSSR count). The molecule has 0 aromatic rings. The molecule has 2 atom stereocenters. The second kappa shape index (κ2) is 4.27. The fourth-order valence-electron chi connectivity index (χ4n) is 1.85. The molecule has 1 aliphatic rings. The molecule has 0 amide bonds. The fraction of sp³-hybridized carbons (Fsp3) is 1.00. The minimum atomic E-state index is 1.00. The first-order valence-electron chi connectivity index (χ1n) is 4.33. The van der Waals surface area contributed by atoms with Crippen molar-refractivity contribution in [2.45, 2.75) is 32.6 Å². The lowest BCUT2D eigenvalue weighted by Gasteiger charge is -2.27. The van der Waals surface area contributed by atoms with Gasteiger partial charge in [0.1, 0.15) is 0 Å². The average Bonchev–Trinajstić information content (AvgIpc) is 1.94. The molecule has 0 N–H and O–H groups in total. The highest BCUT2D eigenvalue weighted by Crippen LogP contribution is 2.31. The van der Waals surface area contributed by atoms with Gasteiger partial charge in [0.2, 0.25) is 0 Å². The van der Waals surface area contributed by atoms with Gasteiger partial charge in [0.15, 0.2) is 0 Å². The Morgan fingerprint density at radius 3 is 2.60 bits per heavy atom. The molecule has 0 radical (unpaired) electrons. The van der Waals surface area contributed by atoms with Gasteiger partial charge in [-0.1, -0.05) is 26.2 Å². The van der Waals surface area contributed by atoms with Crippen LogP contribution in [0, 0.1) is 11.8 Å². The van der Waals surface area contributed by atoms with E-state index in [-0.39, 0.29) is 0 Å². The molecule has 0 spiro atoms. The molecule has 0 aromatic heterocycles. The average molecular weight is 158 g/mol. The van der Waals surface area contributed by atoms with E-state index in [1.165, 1.54) is 31.4 Å². The van der Waals surface area contributed by atoms with Crippen LogP contribution in [0.3, 0.4) is 0 Å². The van der Waals surface area contributed by atoms with Crippen LogP contribution in [0.15, 0.2) is 0 Å². The van der Waals surface area contributed by atoms with Crippen LogP contribution in [0.5, 0.6) is 0 Å². The summed E-state index contributed by atoms with van der Waals surface area (Å²) in [6.07, 6.45) is 8.15. The first kappa shape index (κ1) is 8.45. The van der Waals surface area contributed by atoms with Gasteiger partial charge in [-0.25, -0.2) is 0 Å². The van der Waals surface area contributed by atoms with Crippen LogP contribution >= 0.6 is 11.8 Å². The van der Waals surface area contributed by atoms with Crippen LogP contribution in [0.4, 0.5) is 0 Å². The van der Waals surface area contributed by atoms with Gasteiger partial charge in [-0.15, -0.1) is 0 Å². The Labute approximate surface area is 68.8 Å². The lowest BCUT2D eigenvalue weighted by Crippen LogP contribution is -2.18. The normalized spacial score (nSPS) is 34.2. The van der Waals surface area contributed by atoms with E-state index in [0.717, 1.165) is 11.8 Å². The lowest BCUT2D eigenvalue weighted by molar-refractivity contribution is 0.282. The monoisotopic (exact) mass is 158 g/mol. The molecule has 0 bridgehead atoms. The standard InChI is InChI=1S/C9H18S/c1-8-5-3-4-6-9(8)7-10-2/h8-9H,3-7H2,1-2H3/t8-,9?/m0/s1. The Balaban J connectivity index is 2.25. The molecule has 1 unspecified atom stereocenters. The zero-order valence-corrected chi connectivity index (χ0v) is 7.91. The molecule has 0 heterocycles. The van der Waals surface area contributed by atoms with Crippen LogP contribution in [0.1, 0.15) is 32.6 Å². The largest absolute Gasteiger partial charge is 0.165 e. The van der Waals surface area contributed by atoms with E-state index in [1.54, 1.807) is 0 Å². The Bertz CT molecular complexity index is 88.7. The van der Waals surface area contributed by atoms with Crippen molar-refractivity contribution >= 4 is 11.8 Å². The van der Waals surface area contributed by atoms with E-state index >= 15 is 0 Å². The van der Waals surface area contributed by atoms with Crippen LogP contribution in [0.25, 0.3) is 0 Å². The van der Waals surface area contributed by atoms with Gasteiger partial charge in [0.05, 0.1) is 0 Å². The van der Waals surface area contributed by atoms with Gasteiger partial charge in [0, 0.05) is 0 Å². The second-order valence-electron chi connectivity index (χ2n) is 3.48. The fourth-order valence-corrected chi connectivity index (χ4v) is 2.78. The first-order valence-corrected chi connectivity index (χ1v) is 5.73. The van der Waals surface area contributed by atoms with Gasteiger partial charge in [-0.2, -0.15) is 11.8 Å². The molecule has 1 aliphatic carbocycles. The van der Waals surface area contributed by atoms with Crippen molar-refractivity contribution in [2.24, 2.45) is 11.8 Å². The predicted molar refractivity (Wildman–Crippen MR) is 49.5 cm³/mol. The number of thioether (sulfide) groups is 1. The van der Waals surface area contributed by atoms with Gasteiger partial charge in [0.25, 0.3) is 0 Å². The SMILES string of the molecule is CSCC1CCCC[C@@H]1C. The second-order valence-corrected chi connectivity index (χ2v) is 4.39. The van der Waals surface area contributed by atoms with E-state index < -0.39 is 0 Å². The summed E-state index contributed by atoms with van der Waals surface area (Å²) in [5.41, 5.74) is 0. The van der Waals surface area contributed by atoms with E-state index in [0.29, 0.717) is 0 Å². The Morgan fingerprint density at radius 2 is 2.00 bits per heavy atom. The molecular weight excluding hydrogens is 140 g/mol. The molecule has 10 heavy (non-hydrogen) atoms. The smallest absolute Gasteiger partial charge is 0.00394 e. The third-order valence-electron chi connectivity index (χ3n) is 2.67. The molecule has 1 heteroatoms. The molecular formula is C9H18S. The van der Waals surface area contributed by atoms with E-state index in [2.05, 4.69) is 13.2 Å². The molecule has 1 saturated carbocycles. The summed E-state index contributed by atoms with van der Waals surface area (Å²) in [6, 6.07) is 0. The number of rotatable bonds is 2. The topological polar surface area (TPSA) is 0 Å². The van der Waals surface area contributed by atoms with E-state index in [1.807, 2.05) is 11.8 Å². The Morgan fingerprint density at radius 1 is 1.30 bits per heavy atom. The highest BCUT2D eigenvalue weighted by molar-refractivity contribution is 7.98. The summed E-state index contributed by atoms with van der Waals surface area (Å²) < 4.78 is 0. The highest BCUT2D eigenvalue weighted by atomic mass is 32.2. The van der Waals surface area contributed by atoms with Crippen molar-refractivity contribution < 1.29 is 0 Å². The van der Waals surface area contributed by atoms with Gasteiger partial charge >= 0.3 is 0 Å². The maximum Gasteiger partial charge on any atom is -0.00394 e. The maximum absolute atomic E-state index is 2.42. The third-order valence-corrected chi connectivity index (χ3v) is 3.43. The number of hydrogen-bond donors (Lipinski definition) is 0. The van der Waals surface area contributed by atoms with Crippen molar-refractivity contribution in [3.05, 3.63) is 0 Å². The van der Waals surface area contributed by atoms with Crippen LogP contribution in [-0.2, 0) is 0 Å². The summed E-state index contributed by atoms with van der Waals surface area (Å²) in [4.78, 5) is 0. The summed E-state index contributed by atoms with van der Waals surface area (Å²) in [5, 5.41) is 0. The molecule has 1 fully saturated rings. The zero-order chi connectivity index (χ0) is 7.40. The Kier molecular flexibility index (Phi) is 3.61. The highest BCUT2D eigenvalue weighted by Gasteiger charge is 2.19. The van der Waals surface area contributed by atoms with Crippen molar-refractivity contribution in [1.82, 2.24) is 0 Å². The predicted octanol–water partition coefficient (Wildman–Crippen LogP) is 3.18. The summed E-state index contributed by atoms with van der Waals surface area (Å²) >= 11 is 2.01. The molecule has 0 saturated heterocycles. The van der Waals surface area contributed by atoms with E-state index in [9.17, 15) is 0 Å². The number of hydrogen-bond acceptors (Lipinski definition) is 1. The molecule has 0 aliphatic heterocycles. The minimum absolute atomic E-state index is 1.00. The third kappa shape index (κ3) is 2.19. The zero-order valence-electron chi connectivity index (χ0n) is 7.10. The van der Waals surface area contributed by atoms with E-state index in [4.69, 9.17) is 0 Å². The Hall–Kier alpha value is 0.350. The van der Waals surface area contributed by atoms with Crippen molar-refractivity contribution in [3.63, 3.8) is 0 Å². The first-order chi connectivity index (χ1) is 4.84. The minimum Gasteiger partial charge on any atom is -0.165 e. The van der Waals surface area contributed by atoms with Crippen molar-refractivity contribution in [2.75, 3.05) is 12.0 Å².